The van der Waals surface area contributed by atoms with Crippen molar-refractivity contribution in [3.05, 3.63) is 0 Å². The Hall–Kier alpha value is 0.820. The van der Waals surface area contributed by atoms with Crippen LogP contribution in [0.2, 0.25) is 0 Å². The van der Waals surface area contributed by atoms with Gasteiger partial charge in [-0.15, -0.1) is 3.63 Å². The zero-order valence-corrected chi connectivity index (χ0v) is 9.83. The van der Waals surface area contributed by atoms with Crippen molar-refractivity contribution in [2.45, 2.75) is 0 Å². The third kappa shape index (κ3) is 5.12. The van der Waals surface area contributed by atoms with Crippen LogP contribution in [0.15, 0.2) is 0 Å². The van der Waals surface area contributed by atoms with Crippen LogP contribution in [0.25, 0.3) is 0 Å². The van der Waals surface area contributed by atoms with Crippen molar-refractivity contribution in [1.82, 2.24) is 0 Å². The zero-order chi connectivity index (χ0) is 9.12. The molecule has 0 radical (unpaired) electrons. The molecule has 0 fully saturated rings. The number of hydrogen-bond acceptors (Lipinski definition) is 5. The summed E-state index contributed by atoms with van der Waals surface area (Å²) < 4.78 is 44.7. The van der Waals surface area contributed by atoms with Crippen molar-refractivity contribution >= 4 is 52.1 Å². The maximum atomic E-state index is 10.5. The summed E-state index contributed by atoms with van der Waals surface area (Å²) in [6, 6.07) is 0. The van der Waals surface area contributed by atoms with E-state index in [0.717, 1.165) is 0 Å². The summed E-state index contributed by atoms with van der Waals surface area (Å²) in [6.07, 6.45) is 0. The van der Waals surface area contributed by atoms with Crippen molar-refractivity contribution in [1.29, 1.82) is 0 Å². The Morgan fingerprint density at radius 3 is 1.36 bits per heavy atom. The quantitative estimate of drug-likeness (QED) is 0.695. The molecule has 0 spiro atoms. The minimum atomic E-state index is -3.99. The summed E-state index contributed by atoms with van der Waals surface area (Å²) in [7, 11) is -7.98. The highest BCUT2D eigenvalue weighted by molar-refractivity contribution is 9.11. The first-order valence-corrected chi connectivity index (χ1v) is 7.51. The molecule has 0 bridgehead atoms. The second-order valence-corrected chi connectivity index (χ2v) is 7.36. The average molecular weight is 332 g/mol. The molecule has 11 heavy (non-hydrogen) atoms. The van der Waals surface area contributed by atoms with Gasteiger partial charge < -0.3 is 0 Å². The van der Waals surface area contributed by atoms with Gasteiger partial charge in [-0.1, -0.05) is 31.9 Å². The molecule has 9 heteroatoms. The van der Waals surface area contributed by atoms with Gasteiger partial charge >= 0.3 is 0 Å². The van der Waals surface area contributed by atoms with Crippen molar-refractivity contribution < 1.29 is 20.5 Å². The molecule has 0 atom stereocenters. The number of halogens is 2. The summed E-state index contributed by atoms with van der Waals surface area (Å²) in [5, 5.41) is 0. The fourth-order valence-electron chi connectivity index (χ4n) is 0.194. The summed E-state index contributed by atoms with van der Waals surface area (Å²) >= 11 is 5.12. The topological polar surface area (TPSA) is 77.5 Å². The Labute approximate surface area is 81.6 Å². The maximum Gasteiger partial charge on any atom is 0.291 e. The van der Waals surface area contributed by atoms with Gasteiger partial charge in [0, 0.05) is 0 Å². The second-order valence-electron chi connectivity index (χ2n) is 1.40. The summed E-state index contributed by atoms with van der Waals surface area (Å²) in [5.74, 6) is 0. The van der Waals surface area contributed by atoms with Crippen molar-refractivity contribution in [2.75, 3.05) is 9.32 Å². The summed E-state index contributed by atoms with van der Waals surface area (Å²) in [4.78, 5) is 0. The molecule has 0 saturated heterocycles. The molecule has 0 N–H and O–H groups in total. The van der Waals surface area contributed by atoms with E-state index in [9.17, 15) is 16.8 Å². The molecule has 0 amide bonds. The van der Waals surface area contributed by atoms with Gasteiger partial charge in [-0.3, -0.25) is 0 Å². The van der Waals surface area contributed by atoms with Crippen LogP contribution in [-0.2, 0) is 23.9 Å². The minimum Gasteiger partial charge on any atom is -0.197 e. The first-order valence-electron chi connectivity index (χ1n) is 2.11. The lowest BCUT2D eigenvalue weighted by Crippen LogP contribution is -2.14. The van der Waals surface area contributed by atoms with Crippen LogP contribution in [-0.4, -0.2) is 26.2 Å². The molecule has 5 nitrogen and oxygen atoms in total. The van der Waals surface area contributed by atoms with Crippen LogP contribution in [0, 0.1) is 0 Å². The summed E-state index contributed by atoms with van der Waals surface area (Å²) in [6.45, 7) is 0. The van der Waals surface area contributed by atoms with E-state index in [0.29, 0.717) is 0 Å². The normalized spacial score (nSPS) is 13.3. The van der Waals surface area contributed by atoms with E-state index in [1.54, 1.807) is 0 Å². The van der Waals surface area contributed by atoms with Crippen LogP contribution in [0.3, 0.4) is 0 Å². The Bertz CT molecular complexity index is 269. The summed E-state index contributed by atoms with van der Waals surface area (Å²) in [5.41, 5.74) is 0. The van der Waals surface area contributed by atoms with E-state index in [1.165, 1.54) is 0 Å². The van der Waals surface area contributed by atoms with Gasteiger partial charge in [0.1, 0.15) is 9.32 Å². The SMILES string of the molecule is O=S(=O)(CBr)OS(=O)(=O)CBr. The molecule has 0 aliphatic carbocycles. The van der Waals surface area contributed by atoms with E-state index in [4.69, 9.17) is 0 Å². The van der Waals surface area contributed by atoms with Gasteiger partial charge in [-0.2, -0.15) is 16.8 Å². The van der Waals surface area contributed by atoms with E-state index in [2.05, 4.69) is 35.5 Å². The van der Waals surface area contributed by atoms with Crippen molar-refractivity contribution in [3.8, 4) is 0 Å². The van der Waals surface area contributed by atoms with Crippen LogP contribution in [0.1, 0.15) is 0 Å². The van der Waals surface area contributed by atoms with Crippen LogP contribution < -0.4 is 0 Å². The first-order chi connectivity index (χ1) is 4.83. The minimum absolute atomic E-state index is 0.549. The number of rotatable bonds is 4. The highest BCUT2D eigenvalue weighted by atomic mass is 79.9. The first kappa shape index (κ1) is 11.8. The maximum absolute atomic E-state index is 10.5. The predicted octanol–water partition coefficient (Wildman–Crippen LogP) is 0.367. The van der Waals surface area contributed by atoms with E-state index in [-0.39, 0.29) is 0 Å². The molecule has 0 unspecified atom stereocenters. The van der Waals surface area contributed by atoms with Gasteiger partial charge in [0.25, 0.3) is 20.2 Å². The van der Waals surface area contributed by atoms with Crippen molar-refractivity contribution in [2.24, 2.45) is 0 Å². The highest BCUT2D eigenvalue weighted by Crippen LogP contribution is 2.06. The van der Waals surface area contributed by atoms with Gasteiger partial charge in [-0.05, 0) is 0 Å². The average Bonchev–Trinajstić information content (AvgIpc) is 1.86. The van der Waals surface area contributed by atoms with Gasteiger partial charge in [-0.25, -0.2) is 0 Å². The molecule has 0 aliphatic rings. The van der Waals surface area contributed by atoms with Crippen molar-refractivity contribution in [3.63, 3.8) is 0 Å². The lowest BCUT2D eigenvalue weighted by molar-refractivity contribution is 0.469. The molecule has 0 aromatic rings. The fourth-order valence-corrected chi connectivity index (χ4v) is 3.12. The molecular formula is C2H4Br2O5S2. The molecule has 0 rings (SSSR count). The predicted molar refractivity (Wildman–Crippen MR) is 46.5 cm³/mol. The largest absolute Gasteiger partial charge is 0.291 e. The van der Waals surface area contributed by atoms with Gasteiger partial charge in [0.05, 0.1) is 0 Å². The Morgan fingerprint density at radius 2 is 1.18 bits per heavy atom. The lowest BCUT2D eigenvalue weighted by Gasteiger charge is -1.98. The van der Waals surface area contributed by atoms with Gasteiger partial charge in [0.15, 0.2) is 0 Å². The fraction of sp³-hybridized carbons (Fsp3) is 1.00. The molecule has 0 aliphatic heterocycles. The Kier molecular flexibility index (Phi) is 4.48. The monoisotopic (exact) mass is 330 g/mol. The molecule has 0 heterocycles. The lowest BCUT2D eigenvalue weighted by atomic mass is 11.9. The molecular weight excluding hydrogens is 328 g/mol. The smallest absolute Gasteiger partial charge is 0.197 e. The Morgan fingerprint density at radius 1 is 0.909 bits per heavy atom. The second kappa shape index (κ2) is 4.17. The third-order valence-corrected chi connectivity index (χ3v) is 6.03. The highest BCUT2D eigenvalue weighted by Gasteiger charge is 2.19. The van der Waals surface area contributed by atoms with Crippen LogP contribution in [0.4, 0.5) is 0 Å². The van der Waals surface area contributed by atoms with Gasteiger partial charge in [0.2, 0.25) is 0 Å². The molecule has 68 valence electrons. The van der Waals surface area contributed by atoms with Crippen LogP contribution >= 0.6 is 31.9 Å². The number of alkyl halides is 2. The molecule has 0 aromatic carbocycles. The van der Waals surface area contributed by atoms with E-state index >= 15 is 0 Å². The Balaban J connectivity index is 4.54. The van der Waals surface area contributed by atoms with E-state index < -0.39 is 29.6 Å². The van der Waals surface area contributed by atoms with Crippen LogP contribution in [0.5, 0.6) is 0 Å². The number of hydrogen-bond donors (Lipinski definition) is 0. The zero-order valence-electron chi connectivity index (χ0n) is 5.03. The molecule has 0 aromatic heterocycles. The third-order valence-electron chi connectivity index (χ3n) is 0.475. The standard InChI is InChI=1S/C2H4Br2O5S2/c3-1-10(5,6)9-11(7,8)2-4/h1-2H2. The molecule has 0 saturated carbocycles. The van der Waals surface area contributed by atoms with E-state index in [1.807, 2.05) is 0 Å².